The lowest BCUT2D eigenvalue weighted by molar-refractivity contribution is 0.706. The zero-order valence-electron chi connectivity index (χ0n) is 6.73. The molecule has 2 heteroatoms. The minimum absolute atomic E-state index is 0.896. The van der Waals surface area contributed by atoms with Gasteiger partial charge in [0.05, 0.1) is 0 Å². The van der Waals surface area contributed by atoms with Crippen molar-refractivity contribution in [3.63, 3.8) is 0 Å². The molecule has 1 heterocycles. The topological polar surface area (TPSA) is 12.0 Å². The van der Waals surface area contributed by atoms with Crippen LogP contribution >= 0.6 is 11.8 Å². The number of nitrogens with one attached hydrogen (secondary N) is 1. The van der Waals surface area contributed by atoms with Gasteiger partial charge in [-0.1, -0.05) is 13.3 Å². The third-order valence-corrected chi connectivity index (χ3v) is 3.11. The van der Waals surface area contributed by atoms with Crippen molar-refractivity contribution in [3.8, 4) is 0 Å². The van der Waals surface area contributed by atoms with Crippen molar-refractivity contribution < 1.29 is 0 Å². The van der Waals surface area contributed by atoms with Crippen molar-refractivity contribution in [1.29, 1.82) is 0 Å². The first kappa shape index (κ1) is 8.41. The van der Waals surface area contributed by atoms with Gasteiger partial charge in [-0.3, -0.25) is 0 Å². The Morgan fingerprint density at radius 1 is 1.50 bits per heavy atom. The predicted molar refractivity (Wildman–Crippen MR) is 48.6 cm³/mol. The lowest BCUT2D eigenvalue weighted by Crippen LogP contribution is -2.22. The molecule has 1 atom stereocenters. The van der Waals surface area contributed by atoms with E-state index in [0.29, 0.717) is 0 Å². The Morgan fingerprint density at radius 3 is 3.20 bits per heavy atom. The molecule has 1 saturated heterocycles. The van der Waals surface area contributed by atoms with Gasteiger partial charge in [-0.05, 0) is 25.1 Å². The van der Waals surface area contributed by atoms with Gasteiger partial charge in [0.25, 0.3) is 0 Å². The van der Waals surface area contributed by atoms with Crippen molar-refractivity contribution in [1.82, 2.24) is 5.32 Å². The third-order valence-electron chi connectivity index (χ3n) is 1.90. The summed E-state index contributed by atoms with van der Waals surface area (Å²) in [6.07, 6.45) is 4.22. The summed E-state index contributed by atoms with van der Waals surface area (Å²) < 4.78 is 0. The Kier molecular flexibility index (Phi) is 4.23. The largest absolute Gasteiger partial charge is 0.316 e. The Morgan fingerprint density at radius 2 is 2.40 bits per heavy atom. The number of hydrogen-bond donors (Lipinski definition) is 1. The van der Waals surface area contributed by atoms with E-state index in [2.05, 4.69) is 24.0 Å². The lowest BCUT2D eigenvalue weighted by Gasteiger charge is -2.11. The van der Waals surface area contributed by atoms with E-state index >= 15 is 0 Å². The molecule has 0 saturated carbocycles. The Balaban J connectivity index is 2.15. The van der Waals surface area contributed by atoms with Crippen molar-refractivity contribution in [2.24, 2.45) is 0 Å². The molecule has 1 rings (SSSR count). The summed E-state index contributed by atoms with van der Waals surface area (Å²) >= 11 is 2.10. The van der Waals surface area contributed by atoms with E-state index in [1.165, 1.54) is 38.1 Å². The smallest absolute Gasteiger partial charge is 0.0172 e. The van der Waals surface area contributed by atoms with E-state index in [9.17, 15) is 0 Å². The minimum Gasteiger partial charge on any atom is -0.316 e. The van der Waals surface area contributed by atoms with Gasteiger partial charge in [-0.25, -0.2) is 0 Å². The molecule has 1 nitrogen and oxygen atoms in total. The van der Waals surface area contributed by atoms with Gasteiger partial charge in [0.2, 0.25) is 0 Å². The van der Waals surface area contributed by atoms with Crippen molar-refractivity contribution in [3.05, 3.63) is 0 Å². The summed E-state index contributed by atoms with van der Waals surface area (Å²) in [5.74, 6) is 1.27. The predicted octanol–water partition coefficient (Wildman–Crippen LogP) is 1.88. The van der Waals surface area contributed by atoms with E-state index in [0.717, 1.165) is 5.25 Å². The molecule has 1 N–H and O–H groups in total. The van der Waals surface area contributed by atoms with Gasteiger partial charge in [0, 0.05) is 11.8 Å². The van der Waals surface area contributed by atoms with E-state index in [1.54, 1.807) is 0 Å². The van der Waals surface area contributed by atoms with Crippen LogP contribution in [0.2, 0.25) is 0 Å². The zero-order chi connectivity index (χ0) is 7.23. The van der Waals surface area contributed by atoms with Crippen LogP contribution in [-0.4, -0.2) is 24.1 Å². The standard InChI is InChI=1S/C8H17NS/c1-2-10-8-5-3-4-6-9-7-8/h8-9H,2-7H2,1H3. The molecule has 0 spiro atoms. The second-order valence-electron chi connectivity index (χ2n) is 2.78. The average molecular weight is 159 g/mol. The fourth-order valence-electron chi connectivity index (χ4n) is 1.37. The summed E-state index contributed by atoms with van der Waals surface area (Å²) in [6.45, 7) is 4.72. The molecule has 1 aliphatic heterocycles. The summed E-state index contributed by atoms with van der Waals surface area (Å²) in [7, 11) is 0. The van der Waals surface area contributed by atoms with Gasteiger partial charge in [-0.2, -0.15) is 11.8 Å². The van der Waals surface area contributed by atoms with Crippen LogP contribution in [0.25, 0.3) is 0 Å². The summed E-state index contributed by atoms with van der Waals surface area (Å²) in [4.78, 5) is 0. The highest BCUT2D eigenvalue weighted by Crippen LogP contribution is 2.17. The van der Waals surface area contributed by atoms with Crippen LogP contribution in [0.5, 0.6) is 0 Å². The van der Waals surface area contributed by atoms with Gasteiger partial charge < -0.3 is 5.32 Å². The van der Waals surface area contributed by atoms with E-state index in [4.69, 9.17) is 0 Å². The highest BCUT2D eigenvalue weighted by atomic mass is 32.2. The maximum Gasteiger partial charge on any atom is 0.0172 e. The highest BCUT2D eigenvalue weighted by Gasteiger charge is 2.09. The summed E-state index contributed by atoms with van der Waals surface area (Å²) in [5.41, 5.74) is 0. The van der Waals surface area contributed by atoms with Crippen LogP contribution in [0.3, 0.4) is 0 Å². The molecule has 1 unspecified atom stereocenters. The normalized spacial score (nSPS) is 27.9. The van der Waals surface area contributed by atoms with Crippen LogP contribution < -0.4 is 5.32 Å². The summed E-state index contributed by atoms with van der Waals surface area (Å²) in [6, 6.07) is 0. The van der Waals surface area contributed by atoms with E-state index < -0.39 is 0 Å². The van der Waals surface area contributed by atoms with Crippen molar-refractivity contribution >= 4 is 11.8 Å². The molecule has 1 fully saturated rings. The van der Waals surface area contributed by atoms with Gasteiger partial charge >= 0.3 is 0 Å². The Bertz CT molecular complexity index is 77.3. The molecular weight excluding hydrogens is 142 g/mol. The van der Waals surface area contributed by atoms with Crippen LogP contribution in [0, 0.1) is 0 Å². The quantitative estimate of drug-likeness (QED) is 0.660. The van der Waals surface area contributed by atoms with E-state index in [-0.39, 0.29) is 0 Å². The molecule has 0 aromatic carbocycles. The first-order chi connectivity index (χ1) is 4.93. The molecule has 0 aromatic heterocycles. The summed E-state index contributed by atoms with van der Waals surface area (Å²) in [5, 5.41) is 4.36. The third kappa shape index (κ3) is 2.93. The minimum atomic E-state index is 0.896. The average Bonchev–Trinajstić information content (AvgIpc) is 2.17. The van der Waals surface area contributed by atoms with Crippen LogP contribution in [0.4, 0.5) is 0 Å². The van der Waals surface area contributed by atoms with Gasteiger partial charge in [0.1, 0.15) is 0 Å². The molecule has 1 aliphatic rings. The molecule has 0 radical (unpaired) electrons. The van der Waals surface area contributed by atoms with Crippen LogP contribution in [-0.2, 0) is 0 Å². The fourth-order valence-corrected chi connectivity index (χ4v) is 2.41. The van der Waals surface area contributed by atoms with Gasteiger partial charge in [-0.15, -0.1) is 0 Å². The second-order valence-corrected chi connectivity index (χ2v) is 4.35. The molecule has 10 heavy (non-hydrogen) atoms. The number of thioether (sulfide) groups is 1. The monoisotopic (exact) mass is 159 g/mol. The molecule has 0 amide bonds. The zero-order valence-corrected chi connectivity index (χ0v) is 7.54. The lowest BCUT2D eigenvalue weighted by atomic mass is 10.2. The van der Waals surface area contributed by atoms with Crippen molar-refractivity contribution in [2.45, 2.75) is 31.4 Å². The molecule has 60 valence electrons. The molecule has 0 aromatic rings. The number of hydrogen-bond acceptors (Lipinski definition) is 2. The second kappa shape index (κ2) is 5.03. The SMILES string of the molecule is CCSC1CCCCNC1. The maximum absolute atomic E-state index is 3.46. The van der Waals surface area contributed by atoms with Gasteiger partial charge in [0.15, 0.2) is 0 Å². The number of rotatable bonds is 2. The first-order valence-electron chi connectivity index (χ1n) is 4.26. The van der Waals surface area contributed by atoms with Crippen LogP contribution in [0.15, 0.2) is 0 Å². The molecule has 0 aliphatic carbocycles. The van der Waals surface area contributed by atoms with E-state index in [1.807, 2.05) is 0 Å². The fraction of sp³-hybridized carbons (Fsp3) is 1.00. The first-order valence-corrected chi connectivity index (χ1v) is 5.30. The Labute approximate surface area is 68.0 Å². The highest BCUT2D eigenvalue weighted by molar-refractivity contribution is 7.99. The van der Waals surface area contributed by atoms with Crippen molar-refractivity contribution in [2.75, 3.05) is 18.8 Å². The van der Waals surface area contributed by atoms with Crippen LogP contribution in [0.1, 0.15) is 26.2 Å². The molecule has 0 bridgehead atoms. The maximum atomic E-state index is 3.46. The molecular formula is C8H17NS. The Hall–Kier alpha value is 0.310.